The van der Waals surface area contributed by atoms with Crippen LogP contribution in [0.2, 0.25) is 0 Å². The maximum Gasteiger partial charge on any atom is 0.327 e. The van der Waals surface area contributed by atoms with E-state index in [2.05, 4.69) is 0 Å². The zero-order valence-corrected chi connectivity index (χ0v) is 19.7. The summed E-state index contributed by atoms with van der Waals surface area (Å²) in [5.74, 6) is -0.346. The smallest absolute Gasteiger partial charge is 0.327 e. The molecule has 2 aromatic carbocycles. The molecule has 0 aromatic heterocycles. The fourth-order valence-electron chi connectivity index (χ4n) is 3.70. The summed E-state index contributed by atoms with van der Waals surface area (Å²) in [5, 5.41) is 0. The van der Waals surface area contributed by atoms with Crippen molar-refractivity contribution in [1.29, 1.82) is 0 Å². The minimum Gasteiger partial charge on any atom is -0.490 e. The summed E-state index contributed by atoms with van der Waals surface area (Å²) in [5.41, 5.74) is 0. The van der Waals surface area contributed by atoms with Crippen LogP contribution in [0.4, 0.5) is 0 Å². The van der Waals surface area contributed by atoms with Gasteiger partial charge < -0.3 is 9.47 Å². The summed E-state index contributed by atoms with van der Waals surface area (Å²) in [6.45, 7) is -0.115. The molecule has 32 heavy (non-hydrogen) atoms. The second kappa shape index (κ2) is 9.60. The van der Waals surface area contributed by atoms with E-state index in [1.807, 2.05) is 0 Å². The van der Waals surface area contributed by atoms with E-state index in [1.54, 1.807) is 18.2 Å². The van der Waals surface area contributed by atoms with Crippen LogP contribution in [0.25, 0.3) is 0 Å². The molecular formula is C22H27NO7S2. The molecule has 0 spiro atoms. The highest BCUT2D eigenvalue weighted by atomic mass is 32.2. The molecule has 0 unspecified atom stereocenters. The highest BCUT2D eigenvalue weighted by molar-refractivity contribution is 7.93. The summed E-state index contributed by atoms with van der Waals surface area (Å²) >= 11 is 0. The van der Waals surface area contributed by atoms with Crippen LogP contribution >= 0.6 is 0 Å². The molecule has 10 heteroatoms. The minimum absolute atomic E-state index is 0.00693. The summed E-state index contributed by atoms with van der Waals surface area (Å²) in [4.78, 5) is 13.1. The molecule has 1 aliphatic carbocycles. The normalized spacial score (nSPS) is 16.1. The molecule has 0 amide bonds. The van der Waals surface area contributed by atoms with E-state index in [1.165, 1.54) is 50.5 Å². The van der Waals surface area contributed by atoms with Crippen molar-refractivity contribution in [2.24, 2.45) is 0 Å². The predicted molar refractivity (Wildman–Crippen MR) is 119 cm³/mol. The molecule has 0 N–H and O–H groups in total. The molecule has 2 aromatic rings. The van der Waals surface area contributed by atoms with Gasteiger partial charge in [0, 0.05) is 14.1 Å². The number of sulfone groups is 1. The van der Waals surface area contributed by atoms with Crippen LogP contribution in [-0.2, 0) is 29.4 Å². The van der Waals surface area contributed by atoms with Crippen LogP contribution in [0.5, 0.6) is 5.75 Å². The molecule has 1 saturated carbocycles. The van der Waals surface area contributed by atoms with E-state index in [0.29, 0.717) is 18.6 Å². The number of benzene rings is 2. The molecule has 174 valence electrons. The lowest BCUT2D eigenvalue weighted by Gasteiger charge is -2.26. The van der Waals surface area contributed by atoms with Crippen LogP contribution in [0.15, 0.2) is 64.4 Å². The zero-order chi connectivity index (χ0) is 23.4. The lowest BCUT2D eigenvalue weighted by atomic mass is 10.1. The number of sulfonamides is 1. The van der Waals surface area contributed by atoms with Crippen molar-refractivity contribution in [1.82, 2.24) is 4.31 Å². The number of esters is 1. The molecule has 1 fully saturated rings. The van der Waals surface area contributed by atoms with Crippen molar-refractivity contribution in [3.63, 3.8) is 0 Å². The first-order chi connectivity index (χ1) is 15.1. The van der Waals surface area contributed by atoms with Gasteiger partial charge in [-0.25, -0.2) is 21.1 Å². The van der Waals surface area contributed by atoms with E-state index in [9.17, 15) is 21.6 Å². The topological polar surface area (TPSA) is 107 Å². The highest BCUT2D eigenvalue weighted by Gasteiger charge is 2.54. The Morgan fingerprint density at radius 3 is 2.03 bits per heavy atom. The number of nitrogens with zero attached hydrogens (tertiary/aromatic N) is 1. The van der Waals surface area contributed by atoms with Gasteiger partial charge in [-0.3, -0.25) is 4.79 Å². The van der Waals surface area contributed by atoms with Gasteiger partial charge >= 0.3 is 5.97 Å². The zero-order valence-electron chi connectivity index (χ0n) is 18.1. The predicted octanol–water partition coefficient (Wildman–Crippen LogP) is 2.65. The van der Waals surface area contributed by atoms with Gasteiger partial charge in [-0.15, -0.1) is 0 Å². The lowest BCUT2D eigenvalue weighted by molar-refractivity contribution is -0.147. The average molecular weight is 482 g/mol. The third-order valence-corrected chi connectivity index (χ3v) is 9.86. The molecule has 0 atom stereocenters. The van der Waals surface area contributed by atoms with Gasteiger partial charge in [-0.1, -0.05) is 31.0 Å². The van der Waals surface area contributed by atoms with Crippen LogP contribution in [0.3, 0.4) is 0 Å². The second-order valence-electron chi connectivity index (χ2n) is 7.76. The molecule has 1 aliphatic rings. The van der Waals surface area contributed by atoms with Crippen LogP contribution in [0, 0.1) is 0 Å². The van der Waals surface area contributed by atoms with E-state index in [0.717, 1.165) is 4.31 Å². The third-order valence-electron chi connectivity index (χ3n) is 5.54. The largest absolute Gasteiger partial charge is 0.490 e. The van der Waals surface area contributed by atoms with Gasteiger partial charge in [-0.2, -0.15) is 0 Å². The summed E-state index contributed by atoms with van der Waals surface area (Å²) in [6, 6.07) is 13.8. The maximum atomic E-state index is 13.2. The van der Waals surface area contributed by atoms with Gasteiger partial charge in [0.15, 0.2) is 14.6 Å². The van der Waals surface area contributed by atoms with E-state index in [4.69, 9.17) is 9.47 Å². The van der Waals surface area contributed by atoms with E-state index < -0.39 is 30.6 Å². The van der Waals surface area contributed by atoms with Crippen molar-refractivity contribution >= 4 is 25.8 Å². The quantitative estimate of drug-likeness (QED) is 0.400. The number of carbonyl (C=O) groups is 1. The molecule has 0 radical (unpaired) electrons. The molecule has 0 bridgehead atoms. The lowest BCUT2D eigenvalue weighted by Crippen LogP contribution is -2.45. The fraction of sp³-hybridized carbons (Fsp3) is 0.409. The SMILES string of the molecule is CN(C)S(=O)(=O)c1ccc(OCCOC(=O)C2(S(=O)(=O)c3ccccc3)CCCC2)cc1. The fourth-order valence-corrected chi connectivity index (χ4v) is 6.67. The molecule has 8 nitrogen and oxygen atoms in total. The highest BCUT2D eigenvalue weighted by Crippen LogP contribution is 2.41. The number of ether oxygens (including phenoxy) is 2. The van der Waals surface area contributed by atoms with E-state index in [-0.39, 0.29) is 35.8 Å². The first-order valence-corrected chi connectivity index (χ1v) is 13.2. The maximum absolute atomic E-state index is 13.2. The van der Waals surface area contributed by atoms with Crippen molar-refractivity contribution < 1.29 is 31.1 Å². The van der Waals surface area contributed by atoms with Crippen molar-refractivity contribution in [2.45, 2.75) is 40.2 Å². The Morgan fingerprint density at radius 1 is 0.875 bits per heavy atom. The van der Waals surface area contributed by atoms with Gasteiger partial charge in [0.2, 0.25) is 10.0 Å². The Bertz CT molecular complexity index is 1140. The summed E-state index contributed by atoms with van der Waals surface area (Å²) in [6.07, 6.45) is 1.73. The first-order valence-electron chi connectivity index (χ1n) is 10.2. The number of hydrogen-bond donors (Lipinski definition) is 0. The summed E-state index contributed by atoms with van der Waals surface area (Å²) in [7, 11) is -4.53. The summed E-state index contributed by atoms with van der Waals surface area (Å²) < 4.78 is 61.0. The Morgan fingerprint density at radius 2 is 1.47 bits per heavy atom. The Balaban J connectivity index is 1.61. The Hall–Kier alpha value is -2.43. The van der Waals surface area contributed by atoms with Gasteiger partial charge in [0.25, 0.3) is 0 Å². The second-order valence-corrected chi connectivity index (χ2v) is 12.2. The molecule has 3 rings (SSSR count). The average Bonchev–Trinajstić information content (AvgIpc) is 3.29. The van der Waals surface area contributed by atoms with Crippen molar-refractivity contribution in [3.05, 3.63) is 54.6 Å². The number of rotatable bonds is 9. The van der Waals surface area contributed by atoms with Gasteiger partial charge in [0.1, 0.15) is 19.0 Å². The Labute approximate surface area is 189 Å². The molecular weight excluding hydrogens is 454 g/mol. The van der Waals surface area contributed by atoms with Gasteiger partial charge in [-0.05, 0) is 49.2 Å². The minimum atomic E-state index is -3.89. The monoisotopic (exact) mass is 481 g/mol. The molecule has 0 aliphatic heterocycles. The molecule has 0 saturated heterocycles. The first kappa shape index (κ1) is 24.2. The van der Waals surface area contributed by atoms with E-state index >= 15 is 0 Å². The van der Waals surface area contributed by atoms with Crippen molar-refractivity contribution in [2.75, 3.05) is 27.3 Å². The van der Waals surface area contributed by atoms with Crippen molar-refractivity contribution in [3.8, 4) is 5.75 Å². The third kappa shape index (κ3) is 4.67. The standard InChI is InChI=1S/C22H27NO7S2/c1-23(2)32(27,28)20-12-10-18(11-13-20)29-16-17-30-21(24)22(14-6-7-15-22)31(25,26)19-8-4-3-5-9-19/h3-5,8-13H,6-7,14-17H2,1-2H3. The van der Waals surface area contributed by atoms with Gasteiger partial charge in [0.05, 0.1) is 9.79 Å². The Kier molecular flexibility index (Phi) is 7.26. The van der Waals surface area contributed by atoms with Crippen LogP contribution in [-0.4, -0.2) is 59.2 Å². The number of hydrogen-bond acceptors (Lipinski definition) is 7. The van der Waals surface area contributed by atoms with Crippen LogP contribution in [0.1, 0.15) is 25.7 Å². The number of carbonyl (C=O) groups excluding carboxylic acids is 1. The van der Waals surface area contributed by atoms with Crippen LogP contribution < -0.4 is 4.74 Å². The molecule has 0 heterocycles.